The topological polar surface area (TPSA) is 78.9 Å². The molecule has 1 aliphatic heterocycles. The van der Waals surface area contributed by atoms with Crippen molar-refractivity contribution in [3.63, 3.8) is 0 Å². The van der Waals surface area contributed by atoms with Crippen molar-refractivity contribution in [3.05, 3.63) is 29.3 Å². The van der Waals surface area contributed by atoms with Gasteiger partial charge in [0, 0.05) is 25.6 Å². The van der Waals surface area contributed by atoms with Crippen molar-refractivity contribution in [2.75, 3.05) is 13.1 Å². The molecule has 2 atom stereocenters. The van der Waals surface area contributed by atoms with Crippen molar-refractivity contribution in [1.29, 1.82) is 0 Å². The minimum absolute atomic E-state index is 0.0275. The number of rotatable bonds is 4. The largest absolute Gasteiger partial charge is 0.508 e. The molecule has 28 heavy (non-hydrogen) atoms. The number of ether oxygens (including phenoxy) is 1. The molecule has 1 unspecified atom stereocenters. The van der Waals surface area contributed by atoms with Crippen molar-refractivity contribution < 1.29 is 19.4 Å². The molecule has 0 radical (unpaired) electrons. The van der Waals surface area contributed by atoms with Gasteiger partial charge in [-0.05, 0) is 62.1 Å². The molecular weight excluding hydrogens is 356 g/mol. The Morgan fingerprint density at radius 2 is 1.89 bits per heavy atom. The first-order valence-electron chi connectivity index (χ1n) is 10.5. The van der Waals surface area contributed by atoms with E-state index >= 15 is 0 Å². The normalized spacial score (nSPS) is 23.3. The summed E-state index contributed by atoms with van der Waals surface area (Å²) >= 11 is 0. The Morgan fingerprint density at radius 1 is 1.18 bits per heavy atom. The molecule has 3 rings (SSSR count). The van der Waals surface area contributed by atoms with Crippen molar-refractivity contribution in [2.45, 2.75) is 65.0 Å². The highest BCUT2D eigenvalue weighted by molar-refractivity contribution is 5.79. The van der Waals surface area contributed by atoms with Gasteiger partial charge >= 0.3 is 6.09 Å². The zero-order chi connectivity index (χ0) is 20.1. The van der Waals surface area contributed by atoms with E-state index in [9.17, 15) is 14.7 Å². The average Bonchev–Trinajstić information content (AvgIpc) is 2.70. The Bertz CT molecular complexity index is 698. The highest BCUT2D eigenvalue weighted by Crippen LogP contribution is 2.27. The van der Waals surface area contributed by atoms with Crippen LogP contribution in [-0.2, 0) is 16.1 Å². The number of amides is 2. The van der Waals surface area contributed by atoms with Gasteiger partial charge in [0.15, 0.2) is 0 Å². The summed E-state index contributed by atoms with van der Waals surface area (Å²) in [5, 5.41) is 12.6. The van der Waals surface area contributed by atoms with Crippen molar-refractivity contribution in [2.24, 2.45) is 11.8 Å². The van der Waals surface area contributed by atoms with E-state index in [-0.39, 0.29) is 29.8 Å². The van der Waals surface area contributed by atoms with Crippen LogP contribution in [0.4, 0.5) is 4.79 Å². The van der Waals surface area contributed by atoms with E-state index < -0.39 is 0 Å². The van der Waals surface area contributed by atoms with Crippen LogP contribution in [0.2, 0.25) is 0 Å². The van der Waals surface area contributed by atoms with Crippen LogP contribution in [0, 0.1) is 18.8 Å². The summed E-state index contributed by atoms with van der Waals surface area (Å²) in [6.45, 7) is 5.57. The molecule has 6 nitrogen and oxygen atoms in total. The zero-order valence-corrected chi connectivity index (χ0v) is 16.9. The monoisotopic (exact) mass is 388 g/mol. The molecule has 6 heteroatoms. The smallest absolute Gasteiger partial charge is 0.410 e. The fraction of sp³-hybridized carbons (Fsp3) is 0.636. The maximum Gasteiger partial charge on any atom is 0.410 e. The number of likely N-dealkylation sites (tertiary alicyclic amines) is 1. The molecule has 0 spiro atoms. The van der Waals surface area contributed by atoms with Crippen molar-refractivity contribution in [1.82, 2.24) is 10.2 Å². The average molecular weight is 389 g/mol. The predicted octanol–water partition coefficient (Wildman–Crippen LogP) is 3.74. The molecule has 1 aromatic carbocycles. The Hall–Kier alpha value is -2.24. The van der Waals surface area contributed by atoms with Gasteiger partial charge in [-0.3, -0.25) is 4.79 Å². The second kappa shape index (κ2) is 9.30. The lowest BCUT2D eigenvalue weighted by molar-refractivity contribution is -0.126. The van der Waals surface area contributed by atoms with Gasteiger partial charge in [0.05, 0.1) is 0 Å². The number of phenols is 1. The van der Waals surface area contributed by atoms with Gasteiger partial charge in [-0.15, -0.1) is 0 Å². The number of benzene rings is 1. The Morgan fingerprint density at radius 3 is 2.57 bits per heavy atom. The lowest BCUT2D eigenvalue weighted by Gasteiger charge is -2.34. The summed E-state index contributed by atoms with van der Waals surface area (Å²) in [6.07, 6.45) is 5.58. The summed E-state index contributed by atoms with van der Waals surface area (Å²) in [5.41, 5.74) is 1.76. The Labute approximate surface area is 167 Å². The van der Waals surface area contributed by atoms with E-state index in [1.54, 1.807) is 11.0 Å². The predicted molar refractivity (Wildman–Crippen MR) is 107 cm³/mol. The van der Waals surface area contributed by atoms with Crippen LogP contribution in [0.1, 0.15) is 56.6 Å². The molecule has 2 fully saturated rings. The molecular formula is C22H32N2O4. The number of aryl methyl sites for hydroxylation is 1. The molecule has 1 heterocycles. The third-order valence-electron chi connectivity index (χ3n) is 6.14. The number of carbonyl (C=O) groups excluding carboxylic acids is 2. The third kappa shape index (κ3) is 5.18. The van der Waals surface area contributed by atoms with Crippen LogP contribution in [-0.4, -0.2) is 41.2 Å². The number of piperidine rings is 1. The van der Waals surface area contributed by atoms with Crippen molar-refractivity contribution in [3.8, 4) is 5.75 Å². The van der Waals surface area contributed by atoms with Crippen LogP contribution in [0.3, 0.4) is 0 Å². The molecule has 1 aromatic rings. The number of nitrogens with zero attached hydrogens (tertiary/aromatic N) is 1. The molecule has 0 bridgehead atoms. The summed E-state index contributed by atoms with van der Waals surface area (Å²) < 4.78 is 5.73. The van der Waals surface area contributed by atoms with E-state index in [1.807, 2.05) is 19.1 Å². The lowest BCUT2D eigenvalue weighted by atomic mass is 9.88. The molecule has 2 aliphatic rings. The van der Waals surface area contributed by atoms with Crippen LogP contribution in [0.15, 0.2) is 18.2 Å². The van der Waals surface area contributed by atoms with Gasteiger partial charge in [0.25, 0.3) is 0 Å². The number of hydrogen-bond donors (Lipinski definition) is 2. The summed E-state index contributed by atoms with van der Waals surface area (Å²) in [6, 6.07) is 5.34. The van der Waals surface area contributed by atoms with Crippen LogP contribution < -0.4 is 5.32 Å². The van der Waals surface area contributed by atoms with Gasteiger partial charge in [-0.2, -0.15) is 0 Å². The first kappa shape index (κ1) is 20.5. The summed E-state index contributed by atoms with van der Waals surface area (Å²) in [4.78, 5) is 26.7. The molecule has 154 valence electrons. The molecule has 0 aromatic heterocycles. The van der Waals surface area contributed by atoms with Gasteiger partial charge in [0.2, 0.25) is 5.91 Å². The maximum absolute atomic E-state index is 12.5. The molecule has 2 amide bonds. The molecule has 1 saturated heterocycles. The van der Waals surface area contributed by atoms with Gasteiger partial charge < -0.3 is 20.1 Å². The van der Waals surface area contributed by atoms with Crippen LogP contribution in [0.25, 0.3) is 0 Å². The minimum atomic E-state index is -0.225. The van der Waals surface area contributed by atoms with Gasteiger partial charge in [-0.1, -0.05) is 25.5 Å². The van der Waals surface area contributed by atoms with Gasteiger partial charge in [-0.25, -0.2) is 4.79 Å². The highest BCUT2D eigenvalue weighted by Gasteiger charge is 2.31. The number of hydrogen-bond acceptors (Lipinski definition) is 4. The molecule has 2 N–H and O–H groups in total. The van der Waals surface area contributed by atoms with E-state index in [1.165, 1.54) is 6.42 Å². The number of carbonyl (C=O) groups is 2. The number of nitrogens with one attached hydrogen (secondary N) is 1. The fourth-order valence-corrected chi connectivity index (χ4v) is 4.15. The van der Waals surface area contributed by atoms with Crippen LogP contribution >= 0.6 is 0 Å². The highest BCUT2D eigenvalue weighted by atomic mass is 16.6. The second-order valence-corrected chi connectivity index (χ2v) is 8.28. The van der Waals surface area contributed by atoms with E-state index in [2.05, 4.69) is 12.2 Å². The second-order valence-electron chi connectivity index (χ2n) is 8.28. The SMILES string of the molecule is Cc1cc(CNC(=O)C2CCN(C(=O)OC3CCCC[C@@H]3C)CC2)ccc1O. The Balaban J connectivity index is 1.42. The summed E-state index contributed by atoms with van der Waals surface area (Å²) in [5.74, 6) is 0.650. The number of aromatic hydroxyl groups is 1. The zero-order valence-electron chi connectivity index (χ0n) is 16.9. The van der Waals surface area contributed by atoms with Gasteiger partial charge in [0.1, 0.15) is 11.9 Å². The minimum Gasteiger partial charge on any atom is -0.508 e. The fourth-order valence-electron chi connectivity index (χ4n) is 4.15. The first-order valence-corrected chi connectivity index (χ1v) is 10.5. The number of phenolic OH excluding ortho intramolecular Hbond substituents is 1. The summed E-state index contributed by atoms with van der Waals surface area (Å²) in [7, 11) is 0. The first-order chi connectivity index (χ1) is 13.4. The maximum atomic E-state index is 12.5. The van der Waals surface area contributed by atoms with E-state index in [4.69, 9.17) is 4.74 Å². The van der Waals surface area contributed by atoms with E-state index in [0.717, 1.165) is 30.4 Å². The quantitative estimate of drug-likeness (QED) is 0.823. The van der Waals surface area contributed by atoms with Crippen LogP contribution in [0.5, 0.6) is 5.75 Å². The molecule has 1 saturated carbocycles. The van der Waals surface area contributed by atoms with E-state index in [0.29, 0.717) is 38.4 Å². The lowest BCUT2D eigenvalue weighted by Crippen LogP contribution is -2.44. The Kier molecular flexibility index (Phi) is 6.81. The standard InChI is InChI=1S/C22H32N2O4/c1-15-5-3-4-6-20(15)28-22(27)24-11-9-18(10-12-24)21(26)23-14-17-7-8-19(25)16(2)13-17/h7-8,13,15,18,20,25H,3-6,9-12,14H2,1-2H3,(H,23,26)/t15-,20?/m0/s1. The van der Waals surface area contributed by atoms with Crippen molar-refractivity contribution >= 4 is 12.0 Å². The third-order valence-corrected chi connectivity index (χ3v) is 6.14. The molecule has 1 aliphatic carbocycles.